The second-order valence-electron chi connectivity index (χ2n) is 5.85. The van der Waals surface area contributed by atoms with E-state index in [0.29, 0.717) is 29.4 Å². The molecule has 0 heterocycles. The standard InChI is InChI=1S/C19H24O6/c1-6-25-19(21)17-11(2)7-13(20)10-14(17)12-8-15(22-3)18(24-5)16(9-12)23-4/h7-9,14,17H,6,10H2,1-5H3. The van der Waals surface area contributed by atoms with Crippen LogP contribution in [0, 0.1) is 5.92 Å². The summed E-state index contributed by atoms with van der Waals surface area (Å²) in [7, 11) is 4.58. The number of carbonyl (C=O) groups excluding carboxylic acids is 2. The van der Waals surface area contributed by atoms with Crippen molar-refractivity contribution in [2.45, 2.75) is 26.2 Å². The third-order valence-corrected chi connectivity index (χ3v) is 4.36. The number of benzene rings is 1. The molecule has 2 atom stereocenters. The molecule has 2 unspecified atom stereocenters. The van der Waals surface area contributed by atoms with E-state index in [2.05, 4.69) is 0 Å². The molecule has 6 heteroatoms. The Morgan fingerprint density at radius 1 is 1.12 bits per heavy atom. The van der Waals surface area contributed by atoms with Crippen molar-refractivity contribution in [3.8, 4) is 17.2 Å². The molecule has 0 bridgehead atoms. The molecule has 0 fully saturated rings. The molecule has 0 aliphatic heterocycles. The number of esters is 1. The Kier molecular flexibility index (Phi) is 6.07. The maximum atomic E-state index is 12.5. The summed E-state index contributed by atoms with van der Waals surface area (Å²) in [6.45, 7) is 3.83. The fourth-order valence-electron chi connectivity index (χ4n) is 3.26. The predicted molar refractivity (Wildman–Crippen MR) is 92.3 cm³/mol. The topological polar surface area (TPSA) is 71.1 Å². The van der Waals surface area contributed by atoms with Crippen LogP contribution in [0.15, 0.2) is 23.8 Å². The van der Waals surface area contributed by atoms with Gasteiger partial charge < -0.3 is 18.9 Å². The van der Waals surface area contributed by atoms with Gasteiger partial charge in [0, 0.05) is 12.3 Å². The maximum Gasteiger partial charge on any atom is 0.313 e. The molecular formula is C19H24O6. The average molecular weight is 348 g/mol. The summed E-state index contributed by atoms with van der Waals surface area (Å²) in [4.78, 5) is 24.6. The van der Waals surface area contributed by atoms with E-state index in [1.165, 1.54) is 27.4 Å². The van der Waals surface area contributed by atoms with Gasteiger partial charge in [-0.1, -0.05) is 5.57 Å². The van der Waals surface area contributed by atoms with Crippen molar-refractivity contribution >= 4 is 11.8 Å². The maximum absolute atomic E-state index is 12.5. The summed E-state index contributed by atoms with van der Waals surface area (Å²) in [5.41, 5.74) is 1.47. The van der Waals surface area contributed by atoms with Gasteiger partial charge in [0.2, 0.25) is 5.75 Å². The highest BCUT2D eigenvalue weighted by atomic mass is 16.5. The molecule has 1 aromatic carbocycles. The normalized spacial score (nSPS) is 19.9. The molecule has 1 aliphatic rings. The van der Waals surface area contributed by atoms with Crippen molar-refractivity contribution < 1.29 is 28.5 Å². The first-order valence-corrected chi connectivity index (χ1v) is 8.14. The highest BCUT2D eigenvalue weighted by molar-refractivity contribution is 5.95. The van der Waals surface area contributed by atoms with Gasteiger partial charge in [0.1, 0.15) is 0 Å². The molecule has 1 aromatic rings. The second kappa shape index (κ2) is 8.05. The van der Waals surface area contributed by atoms with Crippen molar-refractivity contribution in [2.75, 3.05) is 27.9 Å². The average Bonchev–Trinajstić information content (AvgIpc) is 2.59. The van der Waals surface area contributed by atoms with Crippen molar-refractivity contribution in [3.05, 3.63) is 29.3 Å². The van der Waals surface area contributed by atoms with Gasteiger partial charge in [0.05, 0.1) is 33.9 Å². The fourth-order valence-corrected chi connectivity index (χ4v) is 3.26. The van der Waals surface area contributed by atoms with E-state index in [9.17, 15) is 9.59 Å². The minimum Gasteiger partial charge on any atom is -0.493 e. The van der Waals surface area contributed by atoms with Crippen molar-refractivity contribution in [2.24, 2.45) is 5.92 Å². The number of rotatable bonds is 6. The van der Waals surface area contributed by atoms with Crippen LogP contribution in [0.2, 0.25) is 0 Å². The Hall–Kier alpha value is -2.50. The summed E-state index contributed by atoms with van der Waals surface area (Å²) < 4.78 is 21.3. The van der Waals surface area contributed by atoms with Crippen LogP contribution in [0.4, 0.5) is 0 Å². The van der Waals surface area contributed by atoms with E-state index in [-0.39, 0.29) is 24.1 Å². The SMILES string of the molecule is CCOC(=O)C1C(C)=CC(=O)CC1c1cc(OC)c(OC)c(OC)c1. The number of allylic oxidation sites excluding steroid dienone is 1. The van der Waals surface area contributed by atoms with Crippen LogP contribution in [-0.4, -0.2) is 39.7 Å². The van der Waals surface area contributed by atoms with Gasteiger partial charge in [-0.2, -0.15) is 0 Å². The van der Waals surface area contributed by atoms with Gasteiger partial charge in [0.25, 0.3) is 0 Å². The number of hydrogen-bond acceptors (Lipinski definition) is 6. The van der Waals surface area contributed by atoms with Gasteiger partial charge in [-0.25, -0.2) is 0 Å². The summed E-state index contributed by atoms with van der Waals surface area (Å²) >= 11 is 0. The zero-order chi connectivity index (χ0) is 18.6. The Bertz CT molecular complexity index is 666. The van der Waals surface area contributed by atoms with Gasteiger partial charge in [0.15, 0.2) is 17.3 Å². The van der Waals surface area contributed by atoms with E-state index in [0.717, 1.165) is 5.56 Å². The predicted octanol–water partition coefficient (Wildman–Crippen LogP) is 2.89. The van der Waals surface area contributed by atoms with Gasteiger partial charge in [-0.05, 0) is 37.6 Å². The van der Waals surface area contributed by atoms with E-state index < -0.39 is 5.92 Å². The number of hydrogen-bond donors (Lipinski definition) is 0. The Morgan fingerprint density at radius 2 is 1.72 bits per heavy atom. The molecule has 25 heavy (non-hydrogen) atoms. The van der Waals surface area contributed by atoms with Crippen LogP contribution in [0.3, 0.4) is 0 Å². The van der Waals surface area contributed by atoms with Crippen molar-refractivity contribution in [1.29, 1.82) is 0 Å². The molecule has 0 spiro atoms. The Morgan fingerprint density at radius 3 is 2.20 bits per heavy atom. The fraction of sp³-hybridized carbons (Fsp3) is 0.474. The molecule has 136 valence electrons. The third kappa shape index (κ3) is 3.78. The molecule has 0 N–H and O–H groups in total. The van der Waals surface area contributed by atoms with Crippen LogP contribution in [0.25, 0.3) is 0 Å². The first kappa shape index (κ1) is 18.8. The van der Waals surface area contributed by atoms with E-state index in [4.69, 9.17) is 18.9 Å². The monoisotopic (exact) mass is 348 g/mol. The highest BCUT2D eigenvalue weighted by Crippen LogP contribution is 2.44. The number of ether oxygens (including phenoxy) is 4. The molecule has 1 aliphatic carbocycles. The number of ketones is 1. The second-order valence-corrected chi connectivity index (χ2v) is 5.85. The Balaban J connectivity index is 2.55. The van der Waals surface area contributed by atoms with Crippen LogP contribution in [0.1, 0.15) is 31.7 Å². The lowest BCUT2D eigenvalue weighted by molar-refractivity contribution is -0.147. The quantitative estimate of drug-likeness (QED) is 0.736. The molecule has 6 nitrogen and oxygen atoms in total. The lowest BCUT2D eigenvalue weighted by Crippen LogP contribution is -2.30. The highest BCUT2D eigenvalue weighted by Gasteiger charge is 2.37. The van der Waals surface area contributed by atoms with Gasteiger partial charge in [-0.3, -0.25) is 9.59 Å². The van der Waals surface area contributed by atoms with E-state index >= 15 is 0 Å². The van der Waals surface area contributed by atoms with E-state index in [1.54, 1.807) is 26.0 Å². The number of methoxy groups -OCH3 is 3. The lowest BCUT2D eigenvalue weighted by atomic mass is 9.74. The minimum absolute atomic E-state index is 0.0169. The van der Waals surface area contributed by atoms with E-state index in [1.807, 2.05) is 0 Å². The zero-order valence-corrected chi connectivity index (χ0v) is 15.3. The molecule has 0 saturated heterocycles. The van der Waals surface area contributed by atoms with Gasteiger partial charge in [-0.15, -0.1) is 0 Å². The zero-order valence-electron chi connectivity index (χ0n) is 15.3. The molecule has 0 amide bonds. The van der Waals surface area contributed by atoms with Gasteiger partial charge >= 0.3 is 5.97 Å². The summed E-state index contributed by atoms with van der Waals surface area (Å²) in [5, 5.41) is 0. The van der Waals surface area contributed by atoms with Crippen LogP contribution >= 0.6 is 0 Å². The van der Waals surface area contributed by atoms with Crippen molar-refractivity contribution in [3.63, 3.8) is 0 Å². The largest absolute Gasteiger partial charge is 0.493 e. The molecule has 2 rings (SSSR count). The molecule has 0 radical (unpaired) electrons. The summed E-state index contributed by atoms with van der Waals surface area (Å²) in [6, 6.07) is 3.56. The number of carbonyl (C=O) groups is 2. The molecule has 0 saturated carbocycles. The van der Waals surface area contributed by atoms with Crippen LogP contribution in [0.5, 0.6) is 17.2 Å². The lowest BCUT2D eigenvalue weighted by Gasteiger charge is -2.30. The first-order chi connectivity index (χ1) is 12.0. The van der Waals surface area contributed by atoms with Crippen LogP contribution < -0.4 is 14.2 Å². The van der Waals surface area contributed by atoms with Crippen molar-refractivity contribution in [1.82, 2.24) is 0 Å². The van der Waals surface area contributed by atoms with Crippen LogP contribution in [-0.2, 0) is 14.3 Å². The summed E-state index contributed by atoms with van der Waals surface area (Å²) in [5.74, 6) is 0.235. The molecular weight excluding hydrogens is 324 g/mol. The molecule has 0 aromatic heterocycles. The minimum atomic E-state index is -0.513. The smallest absolute Gasteiger partial charge is 0.313 e. The first-order valence-electron chi connectivity index (χ1n) is 8.14. The summed E-state index contributed by atoms with van der Waals surface area (Å²) in [6.07, 6.45) is 1.75. The Labute approximate surface area is 147 Å². The third-order valence-electron chi connectivity index (χ3n) is 4.36.